The van der Waals surface area contributed by atoms with Gasteiger partial charge in [-0.1, -0.05) is 50.2 Å². The van der Waals surface area contributed by atoms with Gasteiger partial charge in [-0.3, -0.25) is 0 Å². The smallest absolute Gasteiger partial charge is 0.116 e. The normalized spacial score (nSPS) is 13.2. The van der Waals surface area contributed by atoms with E-state index in [4.69, 9.17) is 9.97 Å². The summed E-state index contributed by atoms with van der Waals surface area (Å²) in [6.45, 7) is 6.35. The Labute approximate surface area is 219 Å². The van der Waals surface area contributed by atoms with Gasteiger partial charge in [-0.05, 0) is 70.7 Å². The summed E-state index contributed by atoms with van der Waals surface area (Å²) in [4.78, 5) is 25.6. The molecule has 3 heterocycles. The first-order valence-electron chi connectivity index (χ1n) is 13.2. The second kappa shape index (κ2) is 7.71. The lowest BCUT2D eigenvalue weighted by Crippen LogP contribution is -2.05. The second-order valence-electron chi connectivity index (χ2n) is 10.7. The summed E-state index contributed by atoms with van der Waals surface area (Å²) >= 11 is 0. The van der Waals surface area contributed by atoms with E-state index in [1.54, 1.807) is 6.33 Å². The van der Waals surface area contributed by atoms with Gasteiger partial charge in [0.15, 0.2) is 0 Å². The zero-order chi connectivity index (χ0) is 25.5. The Morgan fingerprint density at radius 3 is 2.50 bits per heavy atom. The van der Waals surface area contributed by atoms with Crippen LogP contribution in [0.25, 0.3) is 66.0 Å². The Hall–Kier alpha value is -4.58. The van der Waals surface area contributed by atoms with Crippen molar-refractivity contribution < 1.29 is 0 Å². The van der Waals surface area contributed by atoms with Crippen molar-refractivity contribution in [3.63, 3.8) is 0 Å². The van der Waals surface area contributed by atoms with E-state index in [9.17, 15) is 0 Å². The van der Waals surface area contributed by atoms with Crippen molar-refractivity contribution in [1.82, 2.24) is 29.9 Å². The third kappa shape index (κ3) is 3.00. The molecule has 7 aromatic rings. The number of H-pyrrole nitrogens is 2. The quantitative estimate of drug-likeness (QED) is 0.245. The maximum atomic E-state index is 4.97. The average Bonchev–Trinajstić information content (AvgIpc) is 3.56. The summed E-state index contributed by atoms with van der Waals surface area (Å²) in [5.74, 6) is 2.33. The van der Waals surface area contributed by atoms with E-state index >= 15 is 0 Å². The van der Waals surface area contributed by atoms with Crippen molar-refractivity contribution in [2.45, 2.75) is 39.5 Å². The van der Waals surface area contributed by atoms with Gasteiger partial charge in [-0.2, -0.15) is 0 Å². The van der Waals surface area contributed by atoms with Crippen LogP contribution in [0, 0.1) is 6.92 Å². The van der Waals surface area contributed by atoms with Gasteiger partial charge in [0.2, 0.25) is 0 Å². The van der Waals surface area contributed by atoms with E-state index in [1.807, 2.05) is 13.1 Å². The van der Waals surface area contributed by atoms with E-state index in [2.05, 4.69) is 82.3 Å². The zero-order valence-electron chi connectivity index (χ0n) is 21.6. The Morgan fingerprint density at radius 1 is 0.763 bits per heavy atom. The Bertz CT molecular complexity index is 2080. The average molecular weight is 495 g/mol. The zero-order valence-corrected chi connectivity index (χ0v) is 21.6. The highest BCUT2D eigenvalue weighted by molar-refractivity contribution is 6.22. The first-order chi connectivity index (χ1) is 18.5. The number of hydrogen-bond acceptors (Lipinski definition) is 4. The number of nitrogens with zero attached hydrogens (tertiary/aromatic N) is 4. The molecule has 184 valence electrons. The van der Waals surface area contributed by atoms with Crippen LogP contribution >= 0.6 is 0 Å². The van der Waals surface area contributed by atoms with Gasteiger partial charge in [-0.25, -0.2) is 19.9 Å². The number of aryl methyl sites for hydroxylation is 3. The summed E-state index contributed by atoms with van der Waals surface area (Å²) < 4.78 is 0. The fourth-order valence-electron chi connectivity index (χ4n) is 6.17. The molecule has 0 amide bonds. The van der Waals surface area contributed by atoms with Gasteiger partial charge in [-0.15, -0.1) is 0 Å². The predicted octanol–water partition coefficient (Wildman–Crippen LogP) is 7.40. The van der Waals surface area contributed by atoms with Gasteiger partial charge < -0.3 is 9.97 Å². The highest BCUT2D eigenvalue weighted by Crippen LogP contribution is 2.40. The maximum Gasteiger partial charge on any atom is 0.116 e. The van der Waals surface area contributed by atoms with Gasteiger partial charge >= 0.3 is 0 Å². The molecule has 0 bridgehead atoms. The van der Waals surface area contributed by atoms with Crippen LogP contribution in [0.1, 0.15) is 42.5 Å². The van der Waals surface area contributed by atoms with Crippen molar-refractivity contribution in [3.8, 4) is 22.3 Å². The largest absolute Gasteiger partial charge is 0.342 e. The van der Waals surface area contributed by atoms with Crippen LogP contribution in [0.15, 0.2) is 61.1 Å². The SMILES string of the molecule is Cc1nc2c3ccc(-c4ccc5c(c4)CCc4c-5ccc5[nH]c(C(C)C)nc45)cc3c3cncnc3c2[nH]1. The van der Waals surface area contributed by atoms with E-state index in [1.165, 1.54) is 33.4 Å². The minimum absolute atomic E-state index is 0.385. The van der Waals surface area contributed by atoms with E-state index in [0.717, 1.165) is 68.2 Å². The molecule has 4 aromatic carbocycles. The topological polar surface area (TPSA) is 83.1 Å². The third-order valence-electron chi connectivity index (χ3n) is 8.03. The number of fused-ring (bicyclic) bond motifs is 11. The lowest BCUT2D eigenvalue weighted by molar-refractivity contribution is 0.798. The van der Waals surface area contributed by atoms with Crippen molar-refractivity contribution in [1.29, 1.82) is 0 Å². The molecule has 1 aliphatic carbocycles. The summed E-state index contributed by atoms with van der Waals surface area (Å²) in [7, 11) is 0. The molecule has 2 N–H and O–H groups in total. The molecule has 38 heavy (non-hydrogen) atoms. The summed E-state index contributed by atoms with van der Waals surface area (Å²) in [5.41, 5.74) is 12.9. The van der Waals surface area contributed by atoms with E-state index < -0.39 is 0 Å². The molecule has 0 saturated heterocycles. The molecule has 0 saturated carbocycles. The summed E-state index contributed by atoms with van der Waals surface area (Å²) in [5, 5.41) is 3.28. The van der Waals surface area contributed by atoms with Gasteiger partial charge in [0.1, 0.15) is 18.0 Å². The van der Waals surface area contributed by atoms with Crippen LogP contribution in [0.5, 0.6) is 0 Å². The molecule has 1 aliphatic rings. The molecule has 0 spiro atoms. The van der Waals surface area contributed by atoms with Crippen molar-refractivity contribution in [2.75, 3.05) is 0 Å². The fourth-order valence-corrected chi connectivity index (χ4v) is 6.17. The lowest BCUT2D eigenvalue weighted by Gasteiger charge is -2.21. The fraction of sp³-hybridized carbons (Fsp3) is 0.188. The number of rotatable bonds is 2. The Kier molecular flexibility index (Phi) is 4.36. The molecule has 0 radical (unpaired) electrons. The Morgan fingerprint density at radius 2 is 1.61 bits per heavy atom. The molecule has 8 rings (SSSR count). The van der Waals surface area contributed by atoms with Crippen molar-refractivity contribution in [3.05, 3.63) is 83.8 Å². The first kappa shape index (κ1) is 21.5. The number of hydrogen-bond donors (Lipinski definition) is 2. The number of imidazole rings is 2. The van der Waals surface area contributed by atoms with E-state index in [0.29, 0.717) is 5.92 Å². The molecule has 6 nitrogen and oxygen atoms in total. The minimum Gasteiger partial charge on any atom is -0.342 e. The van der Waals surface area contributed by atoms with Crippen LogP contribution in [-0.2, 0) is 12.8 Å². The molecular formula is C32H26N6. The number of benzene rings is 4. The van der Waals surface area contributed by atoms with Crippen molar-refractivity contribution >= 4 is 43.7 Å². The molecule has 0 fully saturated rings. The number of aromatic nitrogens is 6. The molecule has 0 aliphatic heterocycles. The number of nitrogens with one attached hydrogen (secondary N) is 2. The molecule has 6 heteroatoms. The second-order valence-corrected chi connectivity index (χ2v) is 10.7. The summed E-state index contributed by atoms with van der Waals surface area (Å²) in [6, 6.07) is 18.0. The monoisotopic (exact) mass is 494 g/mol. The van der Waals surface area contributed by atoms with Gasteiger partial charge in [0.05, 0.1) is 27.6 Å². The molecule has 3 aromatic heterocycles. The van der Waals surface area contributed by atoms with Gasteiger partial charge in [0.25, 0.3) is 0 Å². The number of aromatic amines is 2. The Balaban J connectivity index is 1.28. The van der Waals surface area contributed by atoms with Crippen LogP contribution in [-0.4, -0.2) is 29.9 Å². The van der Waals surface area contributed by atoms with Crippen LogP contribution < -0.4 is 0 Å². The van der Waals surface area contributed by atoms with E-state index in [-0.39, 0.29) is 0 Å². The highest BCUT2D eigenvalue weighted by Gasteiger charge is 2.21. The van der Waals surface area contributed by atoms with Crippen LogP contribution in [0.4, 0.5) is 0 Å². The molecule has 0 atom stereocenters. The van der Waals surface area contributed by atoms with Crippen LogP contribution in [0.2, 0.25) is 0 Å². The maximum absolute atomic E-state index is 4.97. The first-order valence-corrected chi connectivity index (χ1v) is 13.2. The van der Waals surface area contributed by atoms with Crippen LogP contribution in [0.3, 0.4) is 0 Å². The minimum atomic E-state index is 0.385. The van der Waals surface area contributed by atoms with Gasteiger partial charge in [0, 0.05) is 22.9 Å². The predicted molar refractivity (Wildman–Crippen MR) is 153 cm³/mol. The standard InChI is InChI=1S/C32H26N6/c1-16(2)32-37-27-11-10-22-21-7-4-18(12-20(21)6-9-23(22)28(27)38-32)19-5-8-24-25(13-19)26-14-33-15-34-29(26)31-30(24)35-17(3)36-31/h4-5,7-8,10-16H,6,9H2,1-3H3,(H,35,36)(H,37,38). The lowest BCUT2D eigenvalue weighted by atomic mass is 9.83. The highest BCUT2D eigenvalue weighted by atomic mass is 14.9. The third-order valence-corrected chi connectivity index (χ3v) is 8.03. The molecular weight excluding hydrogens is 468 g/mol. The summed E-state index contributed by atoms with van der Waals surface area (Å²) in [6.07, 6.45) is 5.53. The van der Waals surface area contributed by atoms with Crippen molar-refractivity contribution in [2.24, 2.45) is 0 Å². The molecule has 0 unspecified atom stereocenters.